The molecule has 0 radical (unpaired) electrons. The number of aromatic nitrogens is 3. The number of nitrogens with zero attached hydrogens (tertiary/aromatic N) is 5. The molecule has 2 aliphatic rings. The predicted octanol–water partition coefficient (Wildman–Crippen LogP) is 1.69. The van der Waals surface area contributed by atoms with Crippen LogP contribution >= 0.6 is 0 Å². The lowest BCUT2D eigenvalue weighted by molar-refractivity contribution is 0.120. The van der Waals surface area contributed by atoms with Crippen LogP contribution in [0.1, 0.15) is 6.92 Å². The van der Waals surface area contributed by atoms with Crippen molar-refractivity contribution in [2.45, 2.75) is 6.92 Å². The van der Waals surface area contributed by atoms with Gasteiger partial charge in [-0.15, -0.1) is 10.2 Å². The van der Waals surface area contributed by atoms with E-state index in [-0.39, 0.29) is 0 Å². The number of anilines is 4. The van der Waals surface area contributed by atoms with Crippen LogP contribution in [0.25, 0.3) is 0 Å². The second-order valence-electron chi connectivity index (χ2n) is 6.54. The Hall–Kier alpha value is -2.65. The van der Waals surface area contributed by atoms with Crippen molar-refractivity contribution in [3.63, 3.8) is 0 Å². The normalized spacial score (nSPS) is 17.5. The molecule has 2 saturated heterocycles. The smallest absolute Gasteiger partial charge is 0.249 e. The molecule has 0 atom stereocenters. The first-order valence-corrected chi connectivity index (χ1v) is 9.74. The average molecular weight is 386 g/mol. The molecule has 2 aromatic rings. The van der Waals surface area contributed by atoms with Crippen LogP contribution in [0.5, 0.6) is 5.75 Å². The third kappa shape index (κ3) is 4.26. The van der Waals surface area contributed by atoms with E-state index in [2.05, 4.69) is 25.3 Å². The first-order valence-electron chi connectivity index (χ1n) is 9.74. The molecule has 9 heteroatoms. The number of para-hydroxylation sites is 2. The van der Waals surface area contributed by atoms with E-state index in [0.29, 0.717) is 39.0 Å². The van der Waals surface area contributed by atoms with E-state index < -0.39 is 0 Å². The van der Waals surface area contributed by atoms with Gasteiger partial charge in [0.05, 0.1) is 38.7 Å². The molecular formula is C19H26N6O3. The molecule has 1 N–H and O–H groups in total. The highest BCUT2D eigenvalue weighted by atomic mass is 16.5. The molecule has 0 saturated carbocycles. The van der Waals surface area contributed by atoms with Gasteiger partial charge in [-0.2, -0.15) is 4.98 Å². The molecule has 2 aliphatic heterocycles. The molecule has 0 amide bonds. The summed E-state index contributed by atoms with van der Waals surface area (Å²) in [6.45, 7) is 8.43. The van der Waals surface area contributed by atoms with Gasteiger partial charge in [0.1, 0.15) is 5.75 Å². The van der Waals surface area contributed by atoms with Gasteiger partial charge in [-0.1, -0.05) is 12.1 Å². The zero-order valence-electron chi connectivity index (χ0n) is 16.1. The number of ether oxygens (including phenoxy) is 3. The summed E-state index contributed by atoms with van der Waals surface area (Å²) >= 11 is 0. The number of morpholine rings is 2. The van der Waals surface area contributed by atoms with Crippen molar-refractivity contribution in [1.29, 1.82) is 0 Å². The van der Waals surface area contributed by atoms with Gasteiger partial charge in [-0.05, 0) is 19.1 Å². The van der Waals surface area contributed by atoms with Crippen LogP contribution in [-0.4, -0.2) is 74.4 Å². The van der Waals surface area contributed by atoms with Crippen molar-refractivity contribution in [3.8, 4) is 5.75 Å². The van der Waals surface area contributed by atoms with Crippen LogP contribution in [0.15, 0.2) is 24.3 Å². The van der Waals surface area contributed by atoms with Crippen molar-refractivity contribution in [2.24, 2.45) is 0 Å². The number of hydrogen-bond donors (Lipinski definition) is 1. The van der Waals surface area contributed by atoms with Crippen LogP contribution in [-0.2, 0) is 9.47 Å². The van der Waals surface area contributed by atoms with E-state index in [1.807, 2.05) is 31.2 Å². The Labute approximate surface area is 164 Å². The first-order chi connectivity index (χ1) is 13.8. The minimum Gasteiger partial charge on any atom is -0.492 e. The van der Waals surface area contributed by atoms with Crippen LogP contribution in [0.4, 0.5) is 23.3 Å². The van der Waals surface area contributed by atoms with Gasteiger partial charge in [-0.25, -0.2) is 0 Å². The van der Waals surface area contributed by atoms with Crippen molar-refractivity contribution in [1.82, 2.24) is 15.2 Å². The van der Waals surface area contributed by atoms with Crippen molar-refractivity contribution < 1.29 is 14.2 Å². The van der Waals surface area contributed by atoms with E-state index in [0.717, 1.165) is 49.3 Å². The number of rotatable bonds is 6. The molecule has 28 heavy (non-hydrogen) atoms. The van der Waals surface area contributed by atoms with Crippen LogP contribution in [0, 0.1) is 0 Å². The molecule has 4 rings (SSSR count). The summed E-state index contributed by atoms with van der Waals surface area (Å²) in [4.78, 5) is 9.21. The van der Waals surface area contributed by atoms with Gasteiger partial charge in [0, 0.05) is 26.2 Å². The van der Waals surface area contributed by atoms with Gasteiger partial charge in [0.15, 0.2) is 11.6 Å². The van der Waals surface area contributed by atoms with E-state index in [1.54, 1.807) is 0 Å². The Morgan fingerprint density at radius 1 is 0.929 bits per heavy atom. The highest BCUT2D eigenvalue weighted by Gasteiger charge is 2.24. The first kappa shape index (κ1) is 18.7. The van der Waals surface area contributed by atoms with Gasteiger partial charge in [0.25, 0.3) is 0 Å². The fourth-order valence-electron chi connectivity index (χ4n) is 3.30. The van der Waals surface area contributed by atoms with E-state index in [9.17, 15) is 0 Å². The van der Waals surface area contributed by atoms with Gasteiger partial charge in [-0.3, -0.25) is 0 Å². The lowest BCUT2D eigenvalue weighted by Crippen LogP contribution is -2.41. The largest absolute Gasteiger partial charge is 0.492 e. The molecule has 9 nitrogen and oxygen atoms in total. The zero-order chi connectivity index (χ0) is 19.2. The molecule has 3 heterocycles. The van der Waals surface area contributed by atoms with E-state index in [1.165, 1.54) is 0 Å². The molecular weight excluding hydrogens is 360 g/mol. The number of nitrogens with one attached hydrogen (secondary N) is 1. The maximum atomic E-state index is 5.69. The third-order valence-corrected chi connectivity index (χ3v) is 4.71. The van der Waals surface area contributed by atoms with E-state index >= 15 is 0 Å². The number of hydrogen-bond acceptors (Lipinski definition) is 9. The molecule has 2 fully saturated rings. The van der Waals surface area contributed by atoms with Crippen molar-refractivity contribution >= 4 is 23.3 Å². The van der Waals surface area contributed by atoms with Crippen LogP contribution in [0.3, 0.4) is 0 Å². The summed E-state index contributed by atoms with van der Waals surface area (Å²) in [6, 6.07) is 7.75. The second kappa shape index (κ2) is 9.03. The van der Waals surface area contributed by atoms with E-state index in [4.69, 9.17) is 19.2 Å². The summed E-state index contributed by atoms with van der Waals surface area (Å²) in [6.07, 6.45) is 0. The molecule has 1 aromatic carbocycles. The quantitative estimate of drug-likeness (QED) is 0.797. The molecule has 0 bridgehead atoms. The molecule has 150 valence electrons. The Balaban J connectivity index is 1.63. The topological polar surface area (TPSA) is 84.9 Å². The minimum atomic E-state index is 0.450. The lowest BCUT2D eigenvalue weighted by atomic mass is 10.3. The minimum absolute atomic E-state index is 0.450. The summed E-state index contributed by atoms with van der Waals surface area (Å²) in [5, 5.41) is 12.1. The Morgan fingerprint density at radius 2 is 1.57 bits per heavy atom. The summed E-state index contributed by atoms with van der Waals surface area (Å²) in [7, 11) is 0. The molecule has 0 aliphatic carbocycles. The highest BCUT2D eigenvalue weighted by molar-refractivity contribution is 5.67. The maximum absolute atomic E-state index is 5.69. The molecule has 1 aromatic heterocycles. The fraction of sp³-hybridized carbons (Fsp3) is 0.526. The van der Waals surface area contributed by atoms with Crippen molar-refractivity contribution in [2.75, 3.05) is 74.3 Å². The molecule has 0 spiro atoms. The Morgan fingerprint density at radius 3 is 2.25 bits per heavy atom. The predicted molar refractivity (Wildman–Crippen MR) is 107 cm³/mol. The monoisotopic (exact) mass is 386 g/mol. The van der Waals surface area contributed by atoms with Crippen LogP contribution in [0.2, 0.25) is 0 Å². The Bertz CT molecular complexity index is 778. The SMILES string of the molecule is CCOc1ccccc1Nc1nnc(N2CCOCC2)c(N2CCOCC2)n1. The summed E-state index contributed by atoms with van der Waals surface area (Å²) in [5.41, 5.74) is 0.818. The van der Waals surface area contributed by atoms with Gasteiger partial charge in [0.2, 0.25) is 5.95 Å². The second-order valence-corrected chi connectivity index (χ2v) is 6.54. The average Bonchev–Trinajstić information content (AvgIpc) is 2.76. The number of benzene rings is 1. The Kier molecular flexibility index (Phi) is 6.03. The van der Waals surface area contributed by atoms with Crippen LogP contribution < -0.4 is 19.9 Å². The summed E-state index contributed by atoms with van der Waals surface area (Å²) in [5.74, 6) is 2.84. The maximum Gasteiger partial charge on any atom is 0.249 e. The van der Waals surface area contributed by atoms with Crippen molar-refractivity contribution in [3.05, 3.63) is 24.3 Å². The summed E-state index contributed by atoms with van der Waals surface area (Å²) < 4.78 is 16.7. The zero-order valence-corrected chi connectivity index (χ0v) is 16.1. The molecule has 0 unspecified atom stereocenters. The van der Waals surface area contributed by atoms with Gasteiger partial charge < -0.3 is 29.3 Å². The third-order valence-electron chi connectivity index (χ3n) is 4.71. The lowest BCUT2D eigenvalue weighted by Gasteiger charge is -2.33. The highest BCUT2D eigenvalue weighted by Crippen LogP contribution is 2.30. The standard InChI is InChI=1S/C19H26N6O3/c1-2-28-16-6-4-3-5-15(16)20-19-21-17(24-7-11-26-12-8-24)18(22-23-19)25-9-13-27-14-10-25/h3-6H,2,7-14H2,1H3,(H,20,21,23). The fourth-order valence-corrected chi connectivity index (χ4v) is 3.30. The van der Waals surface area contributed by atoms with Gasteiger partial charge >= 0.3 is 0 Å².